The molecular weight excluding hydrogens is 284 g/mol. The van der Waals surface area contributed by atoms with Gasteiger partial charge in [0.05, 0.1) is 18.1 Å². The zero-order chi connectivity index (χ0) is 16.9. The predicted octanol–water partition coefficient (Wildman–Crippen LogP) is 2.61. The molecule has 0 aromatic heterocycles. The molecule has 0 spiro atoms. The predicted molar refractivity (Wildman–Crippen MR) is 83.1 cm³/mol. The van der Waals surface area contributed by atoms with Crippen LogP contribution in [-0.2, 0) is 19.1 Å². The average Bonchev–Trinajstić information content (AvgIpc) is 2.46. The summed E-state index contributed by atoms with van der Waals surface area (Å²) >= 11 is 0. The van der Waals surface area contributed by atoms with Crippen molar-refractivity contribution in [1.82, 2.24) is 0 Å². The molecule has 3 atom stereocenters. The number of hydrogen-bond acceptors (Lipinski definition) is 5. The zero-order valence-corrected chi connectivity index (χ0v) is 14.1. The van der Waals surface area contributed by atoms with Crippen molar-refractivity contribution < 1.29 is 24.2 Å². The Balaban J connectivity index is 2.42. The van der Waals surface area contributed by atoms with Gasteiger partial charge in [-0.1, -0.05) is 13.5 Å². The lowest BCUT2D eigenvalue weighted by molar-refractivity contribution is -0.159. The fourth-order valence-electron chi connectivity index (χ4n) is 2.26. The normalized spacial score (nSPS) is 25.4. The van der Waals surface area contributed by atoms with Crippen molar-refractivity contribution in [2.75, 3.05) is 6.61 Å². The second-order valence-electron chi connectivity index (χ2n) is 6.81. The molecule has 0 aliphatic heterocycles. The van der Waals surface area contributed by atoms with E-state index in [0.717, 1.165) is 12.8 Å². The van der Waals surface area contributed by atoms with Gasteiger partial charge in [0.2, 0.25) is 0 Å². The van der Waals surface area contributed by atoms with Gasteiger partial charge in [-0.2, -0.15) is 0 Å². The summed E-state index contributed by atoms with van der Waals surface area (Å²) in [7, 11) is 0. The van der Waals surface area contributed by atoms with E-state index < -0.39 is 23.6 Å². The van der Waals surface area contributed by atoms with Crippen LogP contribution >= 0.6 is 0 Å². The Kier molecular flexibility index (Phi) is 6.60. The largest absolute Gasteiger partial charge is 0.465 e. The third-order valence-electron chi connectivity index (χ3n) is 4.36. The average molecular weight is 312 g/mol. The van der Waals surface area contributed by atoms with Crippen LogP contribution in [0.3, 0.4) is 0 Å². The van der Waals surface area contributed by atoms with Gasteiger partial charge in [0, 0.05) is 5.57 Å². The first kappa shape index (κ1) is 18.7. The Morgan fingerprint density at radius 1 is 1.32 bits per heavy atom. The van der Waals surface area contributed by atoms with Crippen LogP contribution in [0.15, 0.2) is 12.2 Å². The number of carbonyl (C=O) groups is 2. The van der Waals surface area contributed by atoms with Crippen molar-refractivity contribution >= 4 is 11.9 Å². The molecule has 0 aromatic carbocycles. The Labute approximate surface area is 132 Å². The molecule has 22 heavy (non-hydrogen) atoms. The molecule has 0 heterocycles. The Bertz CT molecular complexity index is 427. The van der Waals surface area contributed by atoms with Gasteiger partial charge < -0.3 is 14.6 Å². The van der Waals surface area contributed by atoms with Gasteiger partial charge in [-0.05, 0) is 52.4 Å². The standard InChI is InChI=1S/C17H28O5/c1-6-17(4,5)16(20)21-10-12-7-8-14(13(18)9-12)22-15(19)11(2)3/h12-14,18H,2,6-10H2,1,3-5H3. The Morgan fingerprint density at radius 3 is 2.45 bits per heavy atom. The van der Waals surface area contributed by atoms with Crippen molar-refractivity contribution in [3.05, 3.63) is 12.2 Å². The van der Waals surface area contributed by atoms with Gasteiger partial charge in [-0.3, -0.25) is 4.79 Å². The fourth-order valence-corrected chi connectivity index (χ4v) is 2.26. The molecule has 5 heteroatoms. The minimum atomic E-state index is -0.722. The van der Waals surface area contributed by atoms with Gasteiger partial charge in [0.1, 0.15) is 6.10 Å². The molecule has 126 valence electrons. The van der Waals surface area contributed by atoms with E-state index in [1.165, 1.54) is 0 Å². The molecule has 1 N–H and O–H groups in total. The van der Waals surface area contributed by atoms with Crippen molar-refractivity contribution in [3.63, 3.8) is 0 Å². The number of hydrogen-bond donors (Lipinski definition) is 1. The van der Waals surface area contributed by atoms with Crippen molar-refractivity contribution in [2.45, 2.75) is 65.6 Å². The highest BCUT2D eigenvalue weighted by molar-refractivity contribution is 5.87. The van der Waals surface area contributed by atoms with Gasteiger partial charge >= 0.3 is 11.9 Å². The highest BCUT2D eigenvalue weighted by atomic mass is 16.6. The second kappa shape index (κ2) is 7.77. The third kappa shape index (κ3) is 5.13. The van der Waals surface area contributed by atoms with Crippen LogP contribution in [0.4, 0.5) is 0 Å². The molecule has 1 rings (SSSR count). The first-order valence-electron chi connectivity index (χ1n) is 7.89. The van der Waals surface area contributed by atoms with E-state index in [9.17, 15) is 14.7 Å². The number of rotatable bonds is 6. The van der Waals surface area contributed by atoms with Crippen molar-refractivity contribution in [2.24, 2.45) is 11.3 Å². The molecule has 1 aliphatic rings. The summed E-state index contributed by atoms with van der Waals surface area (Å²) in [6, 6.07) is 0. The number of carbonyl (C=O) groups excluding carboxylic acids is 2. The Hall–Kier alpha value is -1.36. The first-order valence-corrected chi connectivity index (χ1v) is 7.89. The maximum absolute atomic E-state index is 11.9. The molecule has 0 radical (unpaired) electrons. The molecule has 1 aliphatic carbocycles. The van der Waals surface area contributed by atoms with Crippen LogP contribution in [0, 0.1) is 11.3 Å². The SMILES string of the molecule is C=C(C)C(=O)OC1CCC(COC(=O)C(C)(C)CC)CC1O. The molecule has 1 fully saturated rings. The maximum Gasteiger partial charge on any atom is 0.333 e. The van der Waals surface area contributed by atoms with E-state index >= 15 is 0 Å². The van der Waals surface area contributed by atoms with Crippen LogP contribution in [0.25, 0.3) is 0 Å². The van der Waals surface area contributed by atoms with Gasteiger partial charge in [0.25, 0.3) is 0 Å². The topological polar surface area (TPSA) is 72.8 Å². The van der Waals surface area contributed by atoms with E-state index in [4.69, 9.17) is 9.47 Å². The number of ether oxygens (including phenoxy) is 2. The highest BCUT2D eigenvalue weighted by Crippen LogP contribution is 2.29. The Morgan fingerprint density at radius 2 is 1.95 bits per heavy atom. The summed E-state index contributed by atoms with van der Waals surface area (Å²) in [4.78, 5) is 23.4. The van der Waals surface area contributed by atoms with Crippen LogP contribution in [0.1, 0.15) is 53.4 Å². The number of esters is 2. The lowest BCUT2D eigenvalue weighted by Crippen LogP contribution is -2.39. The smallest absolute Gasteiger partial charge is 0.333 e. The third-order valence-corrected chi connectivity index (χ3v) is 4.36. The van der Waals surface area contributed by atoms with Crippen LogP contribution in [0.2, 0.25) is 0 Å². The minimum absolute atomic E-state index is 0.103. The monoisotopic (exact) mass is 312 g/mol. The molecule has 0 saturated heterocycles. The fraction of sp³-hybridized carbons (Fsp3) is 0.765. The van der Waals surface area contributed by atoms with Crippen LogP contribution in [0.5, 0.6) is 0 Å². The summed E-state index contributed by atoms with van der Waals surface area (Å²) in [5, 5.41) is 10.1. The zero-order valence-electron chi connectivity index (χ0n) is 14.1. The molecule has 0 aromatic rings. The summed E-state index contributed by atoms with van der Waals surface area (Å²) in [6.45, 7) is 11.1. The lowest BCUT2D eigenvalue weighted by atomic mass is 9.85. The number of aliphatic hydroxyl groups excluding tert-OH is 1. The summed E-state index contributed by atoms with van der Waals surface area (Å²) < 4.78 is 10.6. The highest BCUT2D eigenvalue weighted by Gasteiger charge is 2.34. The summed E-state index contributed by atoms with van der Waals surface area (Å²) in [5.74, 6) is -0.578. The quantitative estimate of drug-likeness (QED) is 0.603. The van der Waals surface area contributed by atoms with E-state index in [2.05, 4.69) is 6.58 Å². The van der Waals surface area contributed by atoms with Crippen LogP contribution < -0.4 is 0 Å². The van der Waals surface area contributed by atoms with Gasteiger partial charge in [-0.15, -0.1) is 0 Å². The number of aliphatic hydroxyl groups is 1. The van der Waals surface area contributed by atoms with E-state index in [0.29, 0.717) is 25.0 Å². The van der Waals surface area contributed by atoms with Crippen molar-refractivity contribution in [1.29, 1.82) is 0 Å². The van der Waals surface area contributed by atoms with Crippen molar-refractivity contribution in [3.8, 4) is 0 Å². The second-order valence-corrected chi connectivity index (χ2v) is 6.81. The molecule has 0 amide bonds. The van der Waals surface area contributed by atoms with Gasteiger partial charge in [0.15, 0.2) is 0 Å². The minimum Gasteiger partial charge on any atom is -0.465 e. The summed E-state index contributed by atoms with van der Waals surface area (Å²) in [5.41, 5.74) is -0.155. The molecule has 5 nitrogen and oxygen atoms in total. The molecule has 3 unspecified atom stereocenters. The molecular formula is C17H28O5. The first-order chi connectivity index (χ1) is 10.2. The van der Waals surface area contributed by atoms with E-state index in [1.807, 2.05) is 20.8 Å². The van der Waals surface area contributed by atoms with Gasteiger partial charge in [-0.25, -0.2) is 4.79 Å². The lowest BCUT2D eigenvalue weighted by Gasteiger charge is -2.33. The molecule has 1 saturated carbocycles. The molecule has 0 bridgehead atoms. The van der Waals surface area contributed by atoms with E-state index in [1.54, 1.807) is 6.92 Å². The maximum atomic E-state index is 11.9. The van der Waals surface area contributed by atoms with E-state index in [-0.39, 0.29) is 11.9 Å². The summed E-state index contributed by atoms with van der Waals surface area (Å²) in [6.07, 6.45) is 1.29. The van der Waals surface area contributed by atoms with Crippen LogP contribution in [-0.4, -0.2) is 35.9 Å².